The largest absolute Gasteiger partial charge is 0.368 e. The predicted octanol–water partition coefficient (Wildman–Crippen LogP) is 0.379. The Morgan fingerprint density at radius 1 is 1.79 bits per heavy atom. The van der Waals surface area contributed by atoms with Crippen molar-refractivity contribution in [1.82, 2.24) is 20.1 Å². The van der Waals surface area contributed by atoms with Gasteiger partial charge in [-0.05, 0) is 6.26 Å². The van der Waals surface area contributed by atoms with E-state index in [9.17, 15) is 4.79 Å². The molecule has 0 saturated heterocycles. The average Bonchev–Trinajstić information content (AvgIpc) is 2.56. The van der Waals surface area contributed by atoms with E-state index in [1.165, 1.54) is 11.8 Å². The molecule has 14 heavy (non-hydrogen) atoms. The lowest BCUT2D eigenvalue weighted by atomic mass is 10.7. The number of alkyl halides is 1. The molecular formula is C6H10ClN5OS. The molecule has 0 radical (unpaired) electrons. The molecule has 1 rings (SSSR count). The minimum Gasteiger partial charge on any atom is -0.368 e. The monoisotopic (exact) mass is 235 g/mol. The number of anilines is 1. The second-order valence-electron chi connectivity index (χ2n) is 2.29. The Bertz CT molecular complexity index is 328. The molecule has 3 N–H and O–H groups in total. The topological polar surface area (TPSA) is 85.8 Å². The number of thioether (sulfide) groups is 1. The molecular weight excluding hydrogens is 226 g/mol. The summed E-state index contributed by atoms with van der Waals surface area (Å²) < 4.78 is 1.01. The minimum absolute atomic E-state index is 0.0708. The third-order valence-electron chi connectivity index (χ3n) is 1.36. The van der Waals surface area contributed by atoms with Crippen LogP contribution in [0.2, 0.25) is 0 Å². The number of nitrogens with one attached hydrogen (secondary N) is 1. The van der Waals surface area contributed by atoms with Gasteiger partial charge in [0.15, 0.2) is 0 Å². The summed E-state index contributed by atoms with van der Waals surface area (Å²) in [4.78, 5) is 15.2. The standard InChI is InChI=1S/C6H10ClN5OS/c1-14-5-10-4(8)12(11-5)6(13)9-3-2-7/h2-3H2,1H3,(H,9,13)(H2,8,10,11). The van der Waals surface area contributed by atoms with Crippen LogP contribution in [0.1, 0.15) is 0 Å². The lowest BCUT2D eigenvalue weighted by molar-refractivity contribution is 0.240. The third-order valence-corrected chi connectivity index (χ3v) is 2.09. The van der Waals surface area contributed by atoms with Gasteiger partial charge in [-0.15, -0.1) is 21.4 Å². The van der Waals surface area contributed by atoms with Crippen LogP contribution < -0.4 is 11.1 Å². The van der Waals surface area contributed by atoms with E-state index < -0.39 is 6.03 Å². The highest BCUT2D eigenvalue weighted by molar-refractivity contribution is 7.98. The molecule has 0 atom stereocenters. The van der Waals surface area contributed by atoms with E-state index in [2.05, 4.69) is 15.4 Å². The number of aromatic nitrogens is 3. The normalized spacial score (nSPS) is 10.1. The molecule has 0 aromatic carbocycles. The van der Waals surface area contributed by atoms with Crippen molar-refractivity contribution in [3.63, 3.8) is 0 Å². The number of carbonyl (C=O) groups is 1. The van der Waals surface area contributed by atoms with E-state index >= 15 is 0 Å². The zero-order chi connectivity index (χ0) is 10.6. The fourth-order valence-corrected chi connectivity index (χ4v) is 1.21. The molecule has 0 aliphatic rings. The van der Waals surface area contributed by atoms with Gasteiger partial charge in [0.25, 0.3) is 0 Å². The van der Waals surface area contributed by atoms with Crippen molar-refractivity contribution >= 4 is 35.3 Å². The molecule has 0 fully saturated rings. The Morgan fingerprint density at radius 3 is 3.00 bits per heavy atom. The summed E-state index contributed by atoms with van der Waals surface area (Å²) in [5.41, 5.74) is 5.47. The smallest absolute Gasteiger partial charge is 0.345 e. The van der Waals surface area contributed by atoms with Gasteiger partial charge in [-0.25, -0.2) is 4.79 Å². The van der Waals surface area contributed by atoms with Gasteiger partial charge in [-0.2, -0.15) is 4.98 Å². The van der Waals surface area contributed by atoms with Crippen LogP contribution in [0.25, 0.3) is 0 Å². The van der Waals surface area contributed by atoms with Gasteiger partial charge in [-0.1, -0.05) is 11.8 Å². The predicted molar refractivity (Wildman–Crippen MR) is 55.7 cm³/mol. The lowest BCUT2D eigenvalue weighted by Crippen LogP contribution is -2.31. The number of halogens is 1. The van der Waals surface area contributed by atoms with Crippen LogP contribution in [0.15, 0.2) is 5.16 Å². The molecule has 78 valence electrons. The minimum atomic E-state index is -0.420. The summed E-state index contributed by atoms with van der Waals surface area (Å²) in [5.74, 6) is 0.414. The molecule has 0 spiro atoms. The van der Waals surface area contributed by atoms with Crippen LogP contribution in [-0.4, -0.2) is 39.5 Å². The van der Waals surface area contributed by atoms with Gasteiger partial charge < -0.3 is 11.1 Å². The van der Waals surface area contributed by atoms with E-state index in [0.29, 0.717) is 17.6 Å². The molecule has 1 aromatic heterocycles. The Morgan fingerprint density at radius 2 is 2.50 bits per heavy atom. The molecule has 0 aliphatic heterocycles. The molecule has 1 heterocycles. The Balaban J connectivity index is 2.73. The first-order valence-corrected chi connectivity index (χ1v) is 5.55. The van der Waals surface area contributed by atoms with Crippen molar-refractivity contribution < 1.29 is 4.79 Å². The van der Waals surface area contributed by atoms with Gasteiger partial charge in [0, 0.05) is 12.4 Å². The van der Waals surface area contributed by atoms with E-state index in [-0.39, 0.29) is 5.95 Å². The number of hydrogen-bond acceptors (Lipinski definition) is 5. The summed E-state index contributed by atoms with van der Waals surface area (Å²) in [7, 11) is 0. The quantitative estimate of drug-likeness (QED) is 0.584. The molecule has 8 heteroatoms. The highest BCUT2D eigenvalue weighted by atomic mass is 35.5. The maximum Gasteiger partial charge on any atom is 0.345 e. The first-order chi connectivity index (χ1) is 6.69. The van der Waals surface area contributed by atoms with Gasteiger partial charge in [0.2, 0.25) is 11.1 Å². The first-order valence-electron chi connectivity index (χ1n) is 3.79. The number of carbonyl (C=O) groups excluding carboxylic acids is 1. The highest BCUT2D eigenvalue weighted by Crippen LogP contribution is 2.10. The molecule has 0 saturated carbocycles. The van der Waals surface area contributed by atoms with Gasteiger partial charge >= 0.3 is 6.03 Å². The maximum atomic E-state index is 11.4. The summed E-state index contributed by atoms with van der Waals surface area (Å²) in [6, 6.07) is -0.420. The van der Waals surface area contributed by atoms with Crippen molar-refractivity contribution in [2.75, 3.05) is 24.4 Å². The maximum absolute atomic E-state index is 11.4. The number of rotatable bonds is 3. The summed E-state index contributed by atoms with van der Waals surface area (Å²) >= 11 is 6.73. The summed E-state index contributed by atoms with van der Waals surface area (Å²) in [6.07, 6.45) is 1.80. The number of nitrogen functional groups attached to an aromatic ring is 1. The summed E-state index contributed by atoms with van der Waals surface area (Å²) in [5, 5.41) is 6.86. The number of hydrogen-bond donors (Lipinski definition) is 2. The van der Waals surface area contributed by atoms with Crippen LogP contribution in [0.4, 0.5) is 10.7 Å². The Labute approximate surface area is 90.2 Å². The van der Waals surface area contributed by atoms with E-state index in [4.69, 9.17) is 17.3 Å². The van der Waals surface area contributed by atoms with Crippen molar-refractivity contribution in [3.8, 4) is 0 Å². The second-order valence-corrected chi connectivity index (χ2v) is 3.44. The number of nitrogens with two attached hydrogens (primary N) is 1. The first kappa shape index (κ1) is 11.1. The number of nitrogens with zero attached hydrogens (tertiary/aromatic N) is 3. The molecule has 0 aliphatic carbocycles. The van der Waals surface area contributed by atoms with E-state index in [1.54, 1.807) is 6.26 Å². The Kier molecular flexibility index (Phi) is 4.02. The highest BCUT2D eigenvalue weighted by Gasteiger charge is 2.12. The van der Waals surface area contributed by atoms with Crippen molar-refractivity contribution in [2.45, 2.75) is 5.16 Å². The fourth-order valence-electron chi connectivity index (χ4n) is 0.769. The fraction of sp³-hybridized carbons (Fsp3) is 0.500. The van der Waals surface area contributed by atoms with Crippen molar-refractivity contribution in [2.24, 2.45) is 0 Å². The summed E-state index contributed by atoms with van der Waals surface area (Å²) in [6.45, 7) is 0.369. The lowest BCUT2D eigenvalue weighted by Gasteiger charge is -2.01. The molecule has 0 unspecified atom stereocenters. The average molecular weight is 236 g/mol. The zero-order valence-corrected chi connectivity index (χ0v) is 9.10. The SMILES string of the molecule is CSc1nc(N)n(C(=O)NCCCl)n1. The van der Waals surface area contributed by atoms with E-state index in [1.807, 2.05) is 0 Å². The van der Waals surface area contributed by atoms with Crippen molar-refractivity contribution in [1.29, 1.82) is 0 Å². The van der Waals surface area contributed by atoms with Crippen LogP contribution in [0.3, 0.4) is 0 Å². The van der Waals surface area contributed by atoms with Gasteiger partial charge in [0.05, 0.1) is 0 Å². The van der Waals surface area contributed by atoms with Gasteiger partial charge in [-0.3, -0.25) is 0 Å². The molecule has 1 aromatic rings. The van der Waals surface area contributed by atoms with Crippen LogP contribution >= 0.6 is 23.4 Å². The zero-order valence-electron chi connectivity index (χ0n) is 7.53. The molecule has 6 nitrogen and oxygen atoms in total. The molecule has 0 bridgehead atoms. The third kappa shape index (κ3) is 2.52. The number of amides is 1. The Hall–Kier alpha value is -0.950. The van der Waals surface area contributed by atoms with Crippen LogP contribution in [-0.2, 0) is 0 Å². The van der Waals surface area contributed by atoms with Crippen LogP contribution in [0.5, 0.6) is 0 Å². The second kappa shape index (κ2) is 5.06. The van der Waals surface area contributed by atoms with Crippen molar-refractivity contribution in [3.05, 3.63) is 0 Å². The van der Waals surface area contributed by atoms with Gasteiger partial charge in [0.1, 0.15) is 0 Å². The van der Waals surface area contributed by atoms with Crippen LogP contribution in [0, 0.1) is 0 Å². The molecule has 1 amide bonds. The van der Waals surface area contributed by atoms with E-state index in [0.717, 1.165) is 4.68 Å².